The van der Waals surface area contributed by atoms with E-state index in [1.807, 2.05) is 4.90 Å². The summed E-state index contributed by atoms with van der Waals surface area (Å²) >= 11 is 0. The number of rotatable bonds is 5. The molecule has 18 heavy (non-hydrogen) atoms. The summed E-state index contributed by atoms with van der Waals surface area (Å²) in [4.78, 5) is 16.5. The van der Waals surface area contributed by atoms with Crippen LogP contribution in [0.2, 0.25) is 0 Å². The summed E-state index contributed by atoms with van der Waals surface area (Å²) < 4.78 is 0. The van der Waals surface area contributed by atoms with E-state index in [1.54, 1.807) is 0 Å². The molecular weight excluding hydrogens is 228 g/mol. The Kier molecular flexibility index (Phi) is 5.01. The van der Waals surface area contributed by atoms with E-state index in [9.17, 15) is 4.79 Å². The van der Waals surface area contributed by atoms with Gasteiger partial charge in [0.05, 0.1) is 13.2 Å². The van der Waals surface area contributed by atoms with Gasteiger partial charge in [0.15, 0.2) is 0 Å². The molecule has 104 valence electrons. The first-order valence-corrected chi connectivity index (χ1v) is 7.33. The highest BCUT2D eigenvalue weighted by Crippen LogP contribution is 2.24. The van der Waals surface area contributed by atoms with Crippen LogP contribution in [0.15, 0.2) is 0 Å². The lowest BCUT2D eigenvalue weighted by atomic mass is 9.91. The Hall–Kier alpha value is -0.610. The van der Waals surface area contributed by atoms with Crippen LogP contribution < -0.4 is 0 Å². The number of carbonyl (C=O) groups is 1. The zero-order valence-corrected chi connectivity index (χ0v) is 11.5. The van der Waals surface area contributed by atoms with Crippen LogP contribution in [0.4, 0.5) is 0 Å². The first kappa shape index (κ1) is 13.8. The van der Waals surface area contributed by atoms with Crippen molar-refractivity contribution in [2.75, 3.05) is 32.8 Å². The van der Waals surface area contributed by atoms with Crippen molar-refractivity contribution in [3.63, 3.8) is 0 Å². The van der Waals surface area contributed by atoms with E-state index < -0.39 is 0 Å². The molecule has 4 nitrogen and oxygen atoms in total. The topological polar surface area (TPSA) is 43.8 Å². The number of aliphatic hydroxyl groups is 1. The Balaban J connectivity index is 1.83. The quantitative estimate of drug-likeness (QED) is 0.799. The summed E-state index contributed by atoms with van der Waals surface area (Å²) in [6.07, 6.45) is 6.01. The summed E-state index contributed by atoms with van der Waals surface area (Å²) in [5, 5.41) is 9.10. The molecule has 1 heterocycles. The second kappa shape index (κ2) is 6.53. The number of amides is 1. The zero-order chi connectivity index (χ0) is 13.0. The van der Waals surface area contributed by atoms with Gasteiger partial charge in [0.2, 0.25) is 5.91 Å². The van der Waals surface area contributed by atoms with Crippen LogP contribution in [0.5, 0.6) is 0 Å². The van der Waals surface area contributed by atoms with Gasteiger partial charge in [0.1, 0.15) is 0 Å². The molecule has 2 fully saturated rings. The molecule has 2 rings (SSSR count). The minimum atomic E-state index is 0.153. The van der Waals surface area contributed by atoms with E-state index in [2.05, 4.69) is 11.8 Å². The van der Waals surface area contributed by atoms with Crippen LogP contribution in [-0.4, -0.2) is 59.6 Å². The maximum Gasteiger partial charge on any atom is 0.236 e. The third kappa shape index (κ3) is 3.45. The third-order valence-electron chi connectivity index (χ3n) is 4.33. The van der Waals surface area contributed by atoms with Crippen LogP contribution in [0, 0.1) is 5.92 Å². The number of likely N-dealkylation sites (tertiary alicyclic amines) is 1. The van der Waals surface area contributed by atoms with Gasteiger partial charge in [0.25, 0.3) is 0 Å². The van der Waals surface area contributed by atoms with Crippen molar-refractivity contribution in [2.45, 2.75) is 45.1 Å². The highest BCUT2D eigenvalue weighted by Gasteiger charge is 2.28. The molecule has 0 aromatic carbocycles. The van der Waals surface area contributed by atoms with Gasteiger partial charge in [-0.25, -0.2) is 0 Å². The van der Waals surface area contributed by atoms with Gasteiger partial charge < -0.3 is 10.0 Å². The normalized spacial score (nSPS) is 25.3. The van der Waals surface area contributed by atoms with Crippen molar-refractivity contribution in [3.8, 4) is 0 Å². The van der Waals surface area contributed by atoms with Crippen molar-refractivity contribution < 1.29 is 9.90 Å². The molecule has 1 aliphatic carbocycles. The Bertz CT molecular complexity index is 279. The molecule has 4 heteroatoms. The lowest BCUT2D eigenvalue weighted by Crippen LogP contribution is -2.49. The summed E-state index contributed by atoms with van der Waals surface area (Å²) in [7, 11) is 0. The van der Waals surface area contributed by atoms with Gasteiger partial charge in [0, 0.05) is 25.7 Å². The van der Waals surface area contributed by atoms with Crippen molar-refractivity contribution in [3.05, 3.63) is 0 Å². The number of aliphatic hydroxyl groups excluding tert-OH is 1. The van der Waals surface area contributed by atoms with Crippen molar-refractivity contribution in [1.82, 2.24) is 9.80 Å². The van der Waals surface area contributed by atoms with Crippen LogP contribution >= 0.6 is 0 Å². The van der Waals surface area contributed by atoms with E-state index >= 15 is 0 Å². The van der Waals surface area contributed by atoms with E-state index in [0.29, 0.717) is 25.0 Å². The van der Waals surface area contributed by atoms with Gasteiger partial charge in [-0.3, -0.25) is 9.69 Å². The molecule has 0 aromatic heterocycles. The average Bonchev–Trinajstić information content (AvgIpc) is 2.27. The zero-order valence-electron chi connectivity index (χ0n) is 11.5. The SMILES string of the molecule is CC1CCCN(C(=O)CN(CCO)C2CCC2)C1. The van der Waals surface area contributed by atoms with E-state index in [1.165, 1.54) is 25.7 Å². The fraction of sp³-hybridized carbons (Fsp3) is 0.929. The predicted molar refractivity (Wildman–Crippen MR) is 71.3 cm³/mol. The fourth-order valence-corrected chi connectivity index (χ4v) is 2.96. The van der Waals surface area contributed by atoms with Gasteiger partial charge in [-0.15, -0.1) is 0 Å². The minimum Gasteiger partial charge on any atom is -0.395 e. The maximum absolute atomic E-state index is 12.3. The first-order chi connectivity index (χ1) is 8.70. The third-order valence-corrected chi connectivity index (χ3v) is 4.33. The number of hydrogen-bond acceptors (Lipinski definition) is 3. The molecule has 1 saturated carbocycles. The molecule has 0 bridgehead atoms. The first-order valence-electron chi connectivity index (χ1n) is 7.33. The van der Waals surface area contributed by atoms with E-state index in [-0.39, 0.29) is 12.5 Å². The highest BCUT2D eigenvalue weighted by atomic mass is 16.3. The lowest BCUT2D eigenvalue weighted by Gasteiger charge is -2.39. The molecule has 1 atom stereocenters. The lowest BCUT2D eigenvalue weighted by molar-refractivity contribution is -0.135. The summed E-state index contributed by atoms with van der Waals surface area (Å²) in [5.41, 5.74) is 0. The van der Waals surface area contributed by atoms with Crippen LogP contribution in [-0.2, 0) is 4.79 Å². The van der Waals surface area contributed by atoms with Crippen LogP contribution in [0.1, 0.15) is 39.0 Å². The summed E-state index contributed by atoms with van der Waals surface area (Å²) in [6.45, 7) is 5.34. The van der Waals surface area contributed by atoms with Gasteiger partial charge in [-0.2, -0.15) is 0 Å². The van der Waals surface area contributed by atoms with Crippen molar-refractivity contribution >= 4 is 5.91 Å². The Morgan fingerprint density at radius 1 is 1.33 bits per heavy atom. The second-order valence-electron chi connectivity index (χ2n) is 5.87. The van der Waals surface area contributed by atoms with Crippen LogP contribution in [0.25, 0.3) is 0 Å². The van der Waals surface area contributed by atoms with Crippen LogP contribution in [0.3, 0.4) is 0 Å². The average molecular weight is 254 g/mol. The van der Waals surface area contributed by atoms with Crippen molar-refractivity contribution in [2.24, 2.45) is 5.92 Å². The van der Waals surface area contributed by atoms with E-state index in [4.69, 9.17) is 5.11 Å². The highest BCUT2D eigenvalue weighted by molar-refractivity contribution is 5.78. The molecule has 2 aliphatic rings. The Morgan fingerprint density at radius 3 is 2.67 bits per heavy atom. The van der Waals surface area contributed by atoms with Gasteiger partial charge in [-0.05, 0) is 31.6 Å². The number of carbonyl (C=O) groups excluding carboxylic acids is 1. The Labute approximate surface area is 110 Å². The number of nitrogens with zero attached hydrogens (tertiary/aromatic N) is 2. The summed E-state index contributed by atoms with van der Waals surface area (Å²) in [5.74, 6) is 0.889. The predicted octanol–water partition coefficient (Wildman–Crippen LogP) is 1.09. The molecule has 1 N–H and O–H groups in total. The molecule has 1 aliphatic heterocycles. The monoisotopic (exact) mass is 254 g/mol. The maximum atomic E-state index is 12.3. The van der Waals surface area contributed by atoms with Gasteiger partial charge in [-0.1, -0.05) is 13.3 Å². The molecule has 1 saturated heterocycles. The Morgan fingerprint density at radius 2 is 2.11 bits per heavy atom. The standard InChI is InChI=1S/C14H26N2O2/c1-12-4-3-7-16(10-12)14(18)11-15(8-9-17)13-5-2-6-13/h12-13,17H,2-11H2,1H3. The second-order valence-corrected chi connectivity index (χ2v) is 5.87. The molecule has 0 aromatic rings. The summed E-state index contributed by atoms with van der Waals surface area (Å²) in [6, 6.07) is 0.531. The smallest absolute Gasteiger partial charge is 0.236 e. The number of hydrogen-bond donors (Lipinski definition) is 1. The minimum absolute atomic E-state index is 0.153. The molecule has 1 unspecified atom stereocenters. The molecule has 1 amide bonds. The number of piperidine rings is 1. The largest absolute Gasteiger partial charge is 0.395 e. The fourth-order valence-electron chi connectivity index (χ4n) is 2.96. The molecule has 0 radical (unpaired) electrons. The van der Waals surface area contributed by atoms with Crippen molar-refractivity contribution in [1.29, 1.82) is 0 Å². The van der Waals surface area contributed by atoms with E-state index in [0.717, 1.165) is 19.5 Å². The molecular formula is C14H26N2O2. The van der Waals surface area contributed by atoms with Gasteiger partial charge >= 0.3 is 0 Å². The molecule has 0 spiro atoms.